The molecule has 1 aromatic carbocycles. The van der Waals surface area contributed by atoms with Crippen molar-refractivity contribution in [2.24, 2.45) is 5.92 Å². The fourth-order valence-corrected chi connectivity index (χ4v) is 6.03. The minimum absolute atomic E-state index is 0.0950. The minimum Gasteiger partial charge on any atom is -0.497 e. The number of fused-ring (bicyclic) bond motifs is 1. The van der Waals surface area contributed by atoms with E-state index in [1.165, 1.54) is 21.0 Å². The number of thiophene rings is 1. The Labute approximate surface area is 212 Å². The highest BCUT2D eigenvalue weighted by Gasteiger charge is 2.29. The summed E-state index contributed by atoms with van der Waals surface area (Å²) < 4.78 is 12.9. The van der Waals surface area contributed by atoms with Crippen molar-refractivity contribution in [1.82, 2.24) is 14.8 Å². The van der Waals surface area contributed by atoms with E-state index >= 15 is 0 Å². The monoisotopic (exact) mass is 496 g/mol. The number of anilines is 1. The predicted molar refractivity (Wildman–Crippen MR) is 142 cm³/mol. The van der Waals surface area contributed by atoms with Gasteiger partial charge in [0.1, 0.15) is 16.5 Å². The molecule has 0 radical (unpaired) electrons. The van der Waals surface area contributed by atoms with Crippen LogP contribution in [0.1, 0.15) is 48.7 Å². The van der Waals surface area contributed by atoms with E-state index in [1.54, 1.807) is 26.4 Å². The van der Waals surface area contributed by atoms with Gasteiger partial charge in [0.2, 0.25) is 0 Å². The number of nitrogens with zero attached hydrogens (tertiary/aromatic N) is 2. The van der Waals surface area contributed by atoms with Gasteiger partial charge >= 0.3 is 6.03 Å². The van der Waals surface area contributed by atoms with E-state index in [4.69, 9.17) is 9.47 Å². The number of ether oxygens (including phenoxy) is 2. The summed E-state index contributed by atoms with van der Waals surface area (Å²) in [4.78, 5) is 17.0. The van der Waals surface area contributed by atoms with E-state index in [9.17, 15) is 4.79 Å². The van der Waals surface area contributed by atoms with Crippen molar-refractivity contribution in [2.45, 2.75) is 45.7 Å². The molecule has 0 fully saturated rings. The number of urea groups is 1. The highest BCUT2D eigenvalue weighted by molar-refractivity contribution is 7.15. The SMILES string of the molecule is COc1ccc(NC(=O)N[C@H](CCC(C)C)c2c(-n3cccc3)sc3c2CCN(C)C3)c(OC)c1. The maximum absolute atomic E-state index is 13.3. The van der Waals surface area contributed by atoms with Crippen molar-refractivity contribution >= 4 is 23.1 Å². The fraction of sp³-hybridized carbons (Fsp3) is 0.444. The van der Waals surface area contributed by atoms with E-state index in [0.29, 0.717) is 23.1 Å². The summed E-state index contributed by atoms with van der Waals surface area (Å²) in [6.45, 7) is 6.42. The first-order valence-electron chi connectivity index (χ1n) is 12.2. The second-order valence-corrected chi connectivity index (χ2v) is 10.6. The molecule has 1 atom stereocenters. The van der Waals surface area contributed by atoms with E-state index in [1.807, 2.05) is 29.5 Å². The zero-order valence-electron chi connectivity index (χ0n) is 21.3. The molecular weight excluding hydrogens is 460 g/mol. The molecule has 188 valence electrons. The number of likely N-dealkylation sites (N-methyl/N-ethyl adjacent to an activating group) is 1. The van der Waals surface area contributed by atoms with Crippen molar-refractivity contribution in [3.8, 4) is 16.5 Å². The van der Waals surface area contributed by atoms with Gasteiger partial charge in [-0.05, 0) is 62.1 Å². The lowest BCUT2D eigenvalue weighted by Crippen LogP contribution is -2.34. The Bertz CT molecular complexity index is 1140. The summed E-state index contributed by atoms with van der Waals surface area (Å²) >= 11 is 1.84. The number of aromatic nitrogens is 1. The van der Waals surface area contributed by atoms with Crippen LogP contribution in [-0.4, -0.2) is 43.3 Å². The van der Waals surface area contributed by atoms with Gasteiger partial charge in [-0.1, -0.05) is 13.8 Å². The van der Waals surface area contributed by atoms with Crippen LogP contribution in [0.15, 0.2) is 42.7 Å². The Morgan fingerprint density at radius 3 is 2.60 bits per heavy atom. The van der Waals surface area contributed by atoms with Crippen molar-refractivity contribution in [2.75, 3.05) is 33.1 Å². The number of benzene rings is 1. The van der Waals surface area contributed by atoms with Gasteiger partial charge in [-0.3, -0.25) is 0 Å². The molecule has 0 bridgehead atoms. The molecule has 3 heterocycles. The molecule has 2 amide bonds. The molecule has 3 aromatic rings. The largest absolute Gasteiger partial charge is 0.497 e. The average Bonchev–Trinajstić information content (AvgIpc) is 3.49. The summed E-state index contributed by atoms with van der Waals surface area (Å²) in [5.74, 6) is 1.77. The molecular formula is C27H36N4O3S. The Hall–Kier alpha value is -2.97. The van der Waals surface area contributed by atoms with Gasteiger partial charge in [-0.15, -0.1) is 11.3 Å². The first-order valence-corrected chi connectivity index (χ1v) is 13.0. The first-order chi connectivity index (χ1) is 16.9. The lowest BCUT2D eigenvalue weighted by atomic mass is 9.92. The molecule has 1 aliphatic heterocycles. The van der Waals surface area contributed by atoms with Crippen LogP contribution in [0, 0.1) is 5.92 Å². The fourth-order valence-electron chi connectivity index (χ4n) is 4.57. The number of hydrogen-bond acceptors (Lipinski definition) is 5. The number of rotatable bonds is 9. The quantitative estimate of drug-likeness (QED) is 0.390. The van der Waals surface area contributed by atoms with Crippen LogP contribution >= 0.6 is 11.3 Å². The third-order valence-electron chi connectivity index (χ3n) is 6.45. The van der Waals surface area contributed by atoms with Gasteiger partial charge in [-0.25, -0.2) is 4.79 Å². The van der Waals surface area contributed by atoms with Crippen LogP contribution in [-0.2, 0) is 13.0 Å². The maximum atomic E-state index is 13.3. The zero-order chi connectivity index (χ0) is 24.9. The van der Waals surface area contributed by atoms with Crippen molar-refractivity contribution < 1.29 is 14.3 Å². The van der Waals surface area contributed by atoms with Gasteiger partial charge in [0.05, 0.1) is 25.9 Å². The lowest BCUT2D eigenvalue weighted by Gasteiger charge is -2.26. The number of nitrogens with one attached hydrogen (secondary N) is 2. The van der Waals surface area contributed by atoms with Crippen LogP contribution in [0.4, 0.5) is 10.5 Å². The Morgan fingerprint density at radius 2 is 1.91 bits per heavy atom. The second-order valence-electron chi connectivity index (χ2n) is 9.49. The second kappa shape index (κ2) is 11.2. The van der Waals surface area contributed by atoms with E-state index in [-0.39, 0.29) is 12.1 Å². The molecule has 0 saturated heterocycles. The molecule has 0 unspecified atom stereocenters. The average molecular weight is 497 g/mol. The van der Waals surface area contributed by atoms with E-state index in [0.717, 1.165) is 32.4 Å². The van der Waals surface area contributed by atoms with Crippen molar-refractivity contribution in [3.63, 3.8) is 0 Å². The Kier molecular flexibility index (Phi) is 8.03. The van der Waals surface area contributed by atoms with Gasteiger partial charge in [0.15, 0.2) is 0 Å². The van der Waals surface area contributed by atoms with E-state index < -0.39 is 0 Å². The zero-order valence-corrected chi connectivity index (χ0v) is 22.1. The number of hydrogen-bond donors (Lipinski definition) is 2. The summed E-state index contributed by atoms with van der Waals surface area (Å²) in [5.41, 5.74) is 3.26. The first kappa shape index (κ1) is 25.1. The summed E-state index contributed by atoms with van der Waals surface area (Å²) in [6.07, 6.45) is 7.07. The van der Waals surface area contributed by atoms with Gasteiger partial charge < -0.3 is 29.6 Å². The molecule has 0 spiro atoms. The highest BCUT2D eigenvalue weighted by atomic mass is 32.1. The third kappa shape index (κ3) is 5.82. The van der Waals surface area contributed by atoms with Gasteiger partial charge in [-0.2, -0.15) is 0 Å². The molecule has 7 nitrogen and oxygen atoms in total. The van der Waals surface area contributed by atoms with Gasteiger partial charge in [0, 0.05) is 42.0 Å². The van der Waals surface area contributed by atoms with E-state index in [2.05, 4.69) is 53.4 Å². The third-order valence-corrected chi connectivity index (χ3v) is 7.70. The van der Waals surface area contributed by atoms with Crippen molar-refractivity contribution in [1.29, 1.82) is 0 Å². The number of amides is 2. The lowest BCUT2D eigenvalue weighted by molar-refractivity contribution is 0.247. The normalized spacial score (nSPS) is 14.5. The van der Waals surface area contributed by atoms with Crippen LogP contribution < -0.4 is 20.1 Å². The molecule has 0 saturated carbocycles. The van der Waals surface area contributed by atoms with Crippen LogP contribution in [0.5, 0.6) is 11.5 Å². The number of carbonyl (C=O) groups excluding carboxylic acids is 1. The molecule has 8 heteroatoms. The molecule has 2 N–H and O–H groups in total. The highest BCUT2D eigenvalue weighted by Crippen LogP contribution is 2.41. The summed E-state index contributed by atoms with van der Waals surface area (Å²) in [7, 11) is 5.36. The molecule has 2 aromatic heterocycles. The summed E-state index contributed by atoms with van der Waals surface area (Å²) in [6, 6.07) is 9.14. The standard InChI is InChI=1S/C27H36N4O3S/c1-18(2)8-10-22(29-27(32)28-21-11-9-19(33-4)16-23(21)34-5)25-20-12-15-30(3)17-24(20)35-26(25)31-13-6-7-14-31/h6-7,9,11,13-14,16,18,22H,8,10,12,15,17H2,1-5H3,(H2,28,29,32)/t22-/m1/s1. The Morgan fingerprint density at radius 1 is 1.14 bits per heavy atom. The molecule has 35 heavy (non-hydrogen) atoms. The minimum atomic E-state index is -0.242. The topological polar surface area (TPSA) is 67.8 Å². The Balaban J connectivity index is 1.66. The number of carbonyl (C=O) groups is 1. The maximum Gasteiger partial charge on any atom is 0.319 e. The van der Waals surface area contributed by atoms with Crippen molar-refractivity contribution in [3.05, 3.63) is 58.7 Å². The van der Waals surface area contributed by atoms with Crippen LogP contribution in [0.2, 0.25) is 0 Å². The smallest absolute Gasteiger partial charge is 0.319 e. The molecule has 1 aliphatic rings. The summed E-state index contributed by atoms with van der Waals surface area (Å²) in [5, 5.41) is 7.50. The molecule has 4 rings (SSSR count). The van der Waals surface area contributed by atoms with Crippen LogP contribution in [0.25, 0.3) is 5.00 Å². The van der Waals surface area contributed by atoms with Crippen LogP contribution in [0.3, 0.4) is 0 Å². The predicted octanol–water partition coefficient (Wildman–Crippen LogP) is 5.84. The molecule has 0 aliphatic carbocycles. The van der Waals surface area contributed by atoms with Gasteiger partial charge in [0.25, 0.3) is 0 Å². The number of methoxy groups -OCH3 is 2.